The van der Waals surface area contributed by atoms with Gasteiger partial charge in [-0.1, -0.05) is 0 Å². The van der Waals surface area contributed by atoms with Crippen LogP contribution in [0.5, 0.6) is 0 Å². The Hall–Kier alpha value is -1.44. The maximum Gasteiger partial charge on any atom is 0.251 e. The van der Waals surface area contributed by atoms with E-state index in [9.17, 15) is 13.2 Å². The molecule has 1 unspecified atom stereocenters. The molecule has 0 aliphatic heterocycles. The van der Waals surface area contributed by atoms with E-state index in [0.717, 1.165) is 0 Å². The molecule has 1 atom stereocenters. The zero-order valence-electron chi connectivity index (χ0n) is 12.0. The van der Waals surface area contributed by atoms with E-state index in [2.05, 4.69) is 10.0 Å². The first kappa shape index (κ1) is 16.6. The summed E-state index contributed by atoms with van der Waals surface area (Å²) in [6, 6.07) is 2.57. The minimum Gasteiger partial charge on any atom is -0.394 e. The molecular formula is C13H20N2O4S. The molecule has 1 aromatic carbocycles. The number of amides is 1. The molecule has 6 nitrogen and oxygen atoms in total. The van der Waals surface area contributed by atoms with Gasteiger partial charge in [-0.15, -0.1) is 0 Å². The third-order valence-corrected chi connectivity index (χ3v) is 4.63. The third-order valence-electron chi connectivity index (χ3n) is 3.09. The van der Waals surface area contributed by atoms with Crippen molar-refractivity contribution in [2.45, 2.75) is 31.7 Å². The van der Waals surface area contributed by atoms with Gasteiger partial charge in [0.15, 0.2) is 0 Å². The van der Waals surface area contributed by atoms with Crippen molar-refractivity contribution in [1.82, 2.24) is 10.0 Å². The first-order valence-corrected chi connectivity index (χ1v) is 7.67. The fraction of sp³-hybridized carbons (Fsp3) is 0.462. The SMILES string of the molecule is CNS(=O)(=O)c1cc(C(=O)NC(C)CO)cc(C)c1C. The molecule has 0 radical (unpaired) electrons. The van der Waals surface area contributed by atoms with Crippen LogP contribution in [0.15, 0.2) is 17.0 Å². The lowest BCUT2D eigenvalue weighted by Crippen LogP contribution is -2.35. The highest BCUT2D eigenvalue weighted by atomic mass is 32.2. The van der Waals surface area contributed by atoms with Gasteiger partial charge < -0.3 is 10.4 Å². The zero-order chi connectivity index (χ0) is 15.5. The van der Waals surface area contributed by atoms with Crippen molar-refractivity contribution in [2.24, 2.45) is 0 Å². The van der Waals surface area contributed by atoms with Crippen LogP contribution < -0.4 is 10.0 Å². The van der Waals surface area contributed by atoms with Crippen LogP contribution in [0.3, 0.4) is 0 Å². The van der Waals surface area contributed by atoms with Crippen LogP contribution in [0.1, 0.15) is 28.4 Å². The lowest BCUT2D eigenvalue weighted by molar-refractivity contribution is 0.0922. The Morgan fingerprint density at radius 1 is 1.35 bits per heavy atom. The molecule has 0 saturated carbocycles. The topological polar surface area (TPSA) is 95.5 Å². The van der Waals surface area contributed by atoms with Gasteiger partial charge >= 0.3 is 0 Å². The van der Waals surface area contributed by atoms with Gasteiger partial charge in [0.1, 0.15) is 0 Å². The molecule has 0 fully saturated rings. The molecular weight excluding hydrogens is 280 g/mol. The van der Waals surface area contributed by atoms with Crippen molar-refractivity contribution >= 4 is 15.9 Å². The summed E-state index contributed by atoms with van der Waals surface area (Å²) in [6.45, 7) is 4.91. The van der Waals surface area contributed by atoms with E-state index in [1.54, 1.807) is 26.8 Å². The highest BCUT2D eigenvalue weighted by Crippen LogP contribution is 2.21. The van der Waals surface area contributed by atoms with Crippen molar-refractivity contribution in [2.75, 3.05) is 13.7 Å². The number of carbonyl (C=O) groups excluding carboxylic acids is 1. The normalized spacial score (nSPS) is 13.1. The number of hydrogen-bond donors (Lipinski definition) is 3. The van der Waals surface area contributed by atoms with Crippen molar-refractivity contribution in [3.05, 3.63) is 28.8 Å². The second kappa shape index (κ2) is 6.34. The van der Waals surface area contributed by atoms with Crippen LogP contribution in [0.4, 0.5) is 0 Å². The highest BCUT2D eigenvalue weighted by Gasteiger charge is 2.19. The summed E-state index contributed by atoms with van der Waals surface area (Å²) in [7, 11) is -2.30. The van der Waals surface area contributed by atoms with Crippen molar-refractivity contribution in [3.8, 4) is 0 Å². The monoisotopic (exact) mass is 300 g/mol. The van der Waals surface area contributed by atoms with E-state index < -0.39 is 22.0 Å². The van der Waals surface area contributed by atoms with E-state index in [4.69, 9.17) is 5.11 Å². The van der Waals surface area contributed by atoms with Crippen LogP contribution in [0.25, 0.3) is 0 Å². The van der Waals surface area contributed by atoms with Gasteiger partial charge in [-0.3, -0.25) is 4.79 Å². The summed E-state index contributed by atoms with van der Waals surface area (Å²) in [5.41, 5.74) is 1.57. The zero-order valence-corrected chi connectivity index (χ0v) is 12.8. The number of benzene rings is 1. The van der Waals surface area contributed by atoms with Crippen LogP contribution >= 0.6 is 0 Å². The predicted octanol–water partition coefficient (Wildman–Crippen LogP) is 0.322. The number of rotatable bonds is 5. The van der Waals surface area contributed by atoms with Gasteiger partial charge in [0.05, 0.1) is 11.5 Å². The number of aliphatic hydroxyl groups is 1. The standard InChI is InChI=1S/C13H20N2O4S/c1-8-5-11(13(17)15-9(2)7-16)6-12(10(8)3)20(18,19)14-4/h5-6,9,14,16H,7H2,1-4H3,(H,15,17). The maximum atomic E-state index is 12.0. The van der Waals surface area contributed by atoms with E-state index in [-0.39, 0.29) is 17.1 Å². The lowest BCUT2D eigenvalue weighted by Gasteiger charge is -2.14. The second-order valence-electron chi connectivity index (χ2n) is 4.68. The molecule has 7 heteroatoms. The molecule has 3 N–H and O–H groups in total. The average molecular weight is 300 g/mol. The van der Waals surface area contributed by atoms with Gasteiger partial charge in [0.25, 0.3) is 5.91 Å². The molecule has 0 aliphatic carbocycles. The average Bonchev–Trinajstić information content (AvgIpc) is 2.40. The highest BCUT2D eigenvalue weighted by molar-refractivity contribution is 7.89. The molecule has 1 amide bonds. The van der Waals surface area contributed by atoms with Crippen LogP contribution in [-0.4, -0.2) is 39.1 Å². The smallest absolute Gasteiger partial charge is 0.251 e. The number of aliphatic hydroxyl groups excluding tert-OH is 1. The Balaban J connectivity index is 3.29. The third kappa shape index (κ3) is 3.56. The lowest BCUT2D eigenvalue weighted by atomic mass is 10.1. The Morgan fingerprint density at radius 3 is 2.45 bits per heavy atom. The molecule has 0 aliphatic rings. The Bertz CT molecular complexity index is 611. The quantitative estimate of drug-likeness (QED) is 0.730. The molecule has 0 spiro atoms. The van der Waals surface area contributed by atoms with Gasteiger partial charge in [0.2, 0.25) is 10.0 Å². The summed E-state index contributed by atoms with van der Waals surface area (Å²) >= 11 is 0. The number of hydrogen-bond acceptors (Lipinski definition) is 4. The number of sulfonamides is 1. The van der Waals surface area contributed by atoms with E-state index in [1.807, 2.05) is 0 Å². The summed E-state index contributed by atoms with van der Waals surface area (Å²) in [4.78, 5) is 12.1. The number of carbonyl (C=O) groups is 1. The number of aryl methyl sites for hydroxylation is 1. The molecule has 0 saturated heterocycles. The van der Waals surface area contributed by atoms with Crippen LogP contribution in [0, 0.1) is 13.8 Å². The number of nitrogens with one attached hydrogen (secondary N) is 2. The van der Waals surface area contributed by atoms with Crippen molar-refractivity contribution in [3.63, 3.8) is 0 Å². The Morgan fingerprint density at radius 2 is 1.95 bits per heavy atom. The first-order chi connectivity index (χ1) is 9.22. The van der Waals surface area contributed by atoms with Crippen molar-refractivity contribution in [1.29, 1.82) is 0 Å². The Labute approximate surface area is 119 Å². The molecule has 0 heterocycles. The van der Waals surface area contributed by atoms with E-state index in [0.29, 0.717) is 11.1 Å². The van der Waals surface area contributed by atoms with Gasteiger partial charge in [-0.05, 0) is 51.1 Å². The van der Waals surface area contributed by atoms with Gasteiger partial charge in [0, 0.05) is 11.6 Å². The van der Waals surface area contributed by atoms with Crippen LogP contribution in [0.2, 0.25) is 0 Å². The minimum absolute atomic E-state index is 0.0850. The molecule has 1 aromatic rings. The van der Waals surface area contributed by atoms with Gasteiger partial charge in [-0.2, -0.15) is 0 Å². The van der Waals surface area contributed by atoms with Gasteiger partial charge in [-0.25, -0.2) is 13.1 Å². The first-order valence-electron chi connectivity index (χ1n) is 6.19. The van der Waals surface area contributed by atoms with Crippen molar-refractivity contribution < 1.29 is 18.3 Å². The second-order valence-corrected chi connectivity index (χ2v) is 6.54. The molecule has 0 aromatic heterocycles. The molecule has 112 valence electrons. The van der Waals surface area contributed by atoms with E-state index in [1.165, 1.54) is 13.1 Å². The fourth-order valence-corrected chi connectivity index (χ4v) is 2.77. The van der Waals surface area contributed by atoms with E-state index >= 15 is 0 Å². The largest absolute Gasteiger partial charge is 0.394 e. The molecule has 0 bridgehead atoms. The summed E-state index contributed by atoms with van der Waals surface area (Å²) < 4.78 is 26.1. The predicted molar refractivity (Wildman–Crippen MR) is 76.2 cm³/mol. The maximum absolute atomic E-state index is 12.0. The summed E-state index contributed by atoms with van der Waals surface area (Å²) in [5.74, 6) is -0.415. The molecule has 20 heavy (non-hydrogen) atoms. The minimum atomic E-state index is -3.62. The Kier molecular flexibility index (Phi) is 5.27. The summed E-state index contributed by atoms with van der Waals surface area (Å²) in [5, 5.41) is 11.5. The fourth-order valence-electron chi connectivity index (χ4n) is 1.70. The van der Waals surface area contributed by atoms with Crippen LogP contribution in [-0.2, 0) is 10.0 Å². The molecule has 1 rings (SSSR count). The summed E-state index contributed by atoms with van der Waals surface area (Å²) in [6.07, 6.45) is 0.